The summed E-state index contributed by atoms with van der Waals surface area (Å²) in [6.45, 7) is 43.1. The van der Waals surface area contributed by atoms with Crippen LogP contribution < -0.4 is 0 Å². The van der Waals surface area contributed by atoms with Crippen LogP contribution in [-0.2, 0) is 105 Å². The minimum atomic E-state index is -3.28. The largest absolute Gasteiger partial charge is 0.469 e. The average Bonchev–Trinajstić information content (AvgIpc) is 4.03. The van der Waals surface area contributed by atoms with Crippen molar-refractivity contribution in [1.29, 1.82) is 0 Å². The number of aryl methyl sites for hydroxylation is 1. The molecular weight excluding hydrogens is 1090 g/mol. The summed E-state index contributed by atoms with van der Waals surface area (Å²) in [5, 5.41) is 34.6. The molecule has 0 bridgehead atoms. The third-order valence-electron chi connectivity index (χ3n) is 9.02. The highest BCUT2D eigenvalue weighted by Crippen LogP contribution is 2.50. The lowest BCUT2D eigenvalue weighted by Gasteiger charge is -2.23. The van der Waals surface area contributed by atoms with Gasteiger partial charge in [-0.05, 0) is 65.1 Å². The number of hydrogen-bond donors (Lipinski definition) is 0. The molecule has 81 heavy (non-hydrogen) atoms. The van der Waals surface area contributed by atoms with E-state index in [4.69, 9.17) is 18.4 Å². The third-order valence-corrected chi connectivity index (χ3v) is 13.2. The summed E-state index contributed by atoms with van der Waals surface area (Å²) in [5.74, 6) is 1.37. The van der Waals surface area contributed by atoms with Crippen LogP contribution in [0.25, 0.3) is 0 Å². The van der Waals surface area contributed by atoms with E-state index in [1.807, 2.05) is 62.3 Å². The molecule has 29 heteroatoms. The Morgan fingerprint density at radius 2 is 0.951 bits per heavy atom. The third kappa shape index (κ3) is 53.4. The Bertz CT molecular complexity index is 2340. The van der Waals surface area contributed by atoms with Gasteiger partial charge in [0.25, 0.3) is 10.1 Å². The van der Waals surface area contributed by atoms with Gasteiger partial charge in [0.1, 0.15) is 6.54 Å². The van der Waals surface area contributed by atoms with Crippen LogP contribution in [0.15, 0.2) is 0 Å². The maximum atomic E-state index is 11.5. The molecule has 0 unspecified atom stereocenters. The number of aromatic nitrogens is 12. The van der Waals surface area contributed by atoms with E-state index in [0.29, 0.717) is 24.2 Å². The average molecular weight is 1200 g/mol. The van der Waals surface area contributed by atoms with E-state index in [2.05, 4.69) is 148 Å². The maximum Gasteiger partial charge on any atom is 0.456 e. The highest BCUT2D eigenvalue weighted by molar-refractivity contribution is 7.86. The van der Waals surface area contributed by atoms with Gasteiger partial charge in [0.05, 0.1) is 53.8 Å². The summed E-state index contributed by atoms with van der Waals surface area (Å²) in [5.41, 5.74) is 0.505. The summed E-state index contributed by atoms with van der Waals surface area (Å²) in [7, 11) is 7.06. The monoisotopic (exact) mass is 1200 g/mol. The molecule has 3 aromatic rings. The smallest absolute Gasteiger partial charge is 0.456 e. The minimum Gasteiger partial charge on any atom is -0.469 e. The van der Waals surface area contributed by atoms with Crippen molar-refractivity contribution in [2.24, 2.45) is 45.0 Å². The SMILES string of the molecule is COB(CC(C)(C)C)OC.COC(=O)CC(C)(C)C.COC(=O)Cn1nnc(CC(C)(C)C)n1.COC(=O)Cn1nnnc1CC(C)(C)C.COP(=O)(CC(C)(C)C)OC.COS(=O)(=O)CC(C)(C)C.Cn1nnc(CC(C)(C)C)n1. The molecule has 0 aliphatic heterocycles. The van der Waals surface area contributed by atoms with Crippen molar-refractivity contribution in [1.82, 2.24) is 60.6 Å². The number of carbonyl (C=O) groups excluding carboxylic acids is 3. The molecule has 26 nitrogen and oxygen atoms in total. The van der Waals surface area contributed by atoms with Gasteiger partial charge < -0.3 is 32.6 Å². The van der Waals surface area contributed by atoms with Crippen LogP contribution in [0.4, 0.5) is 0 Å². The summed E-state index contributed by atoms with van der Waals surface area (Å²) in [6, 6.07) is 0. The molecule has 3 heterocycles. The molecule has 0 amide bonds. The first kappa shape index (κ1) is 83.1. The Labute approximate surface area is 487 Å². The zero-order valence-corrected chi connectivity index (χ0v) is 57.1. The standard InChI is InChI=1S/2C9H16N4O2.C7H17BO2.C7H14N4.C7H17O3P.C7H14O2.C6H14O3S/c1-9(2,3)5-7-10-11-12-13(7)6-8(14)15-4;1-9(2,3)5-7-10-12-13(11-7)6-8(14)15-4;1-7(2,3)6-8(9-4)10-5;1-7(2,3)5-6-8-10-11(4)9-6;1-7(2,3)6-11(8,9-4)10-5;1-7(2,3)5-6(8)9-4;1-6(2,3)5-10(7,8)9-4/h2*5-6H2,1-4H3;6H2,1-5H3;5H2,1-4H3;6H2,1-5H3;5H2,1-4H3;5H2,1-4H3. The maximum absolute atomic E-state index is 11.5. The number of nitrogens with zero attached hydrogens (tertiary/aromatic N) is 12. The Balaban J connectivity index is -0.000000431. The van der Waals surface area contributed by atoms with Crippen molar-refractivity contribution >= 4 is 42.7 Å². The van der Waals surface area contributed by atoms with Crippen molar-refractivity contribution < 1.29 is 64.1 Å². The number of esters is 3. The minimum absolute atomic E-state index is 0.00758. The van der Waals surface area contributed by atoms with E-state index in [1.54, 1.807) is 21.3 Å². The van der Waals surface area contributed by atoms with Crippen molar-refractivity contribution in [2.45, 2.75) is 190 Å². The number of hydrogen-bond acceptors (Lipinski definition) is 23. The van der Waals surface area contributed by atoms with Crippen molar-refractivity contribution in [3.63, 3.8) is 0 Å². The van der Waals surface area contributed by atoms with Crippen LogP contribution in [0.3, 0.4) is 0 Å². The second kappa shape index (κ2) is 37.8. The first-order chi connectivity index (χ1) is 36.3. The zero-order valence-electron chi connectivity index (χ0n) is 55.4. The summed E-state index contributed by atoms with van der Waals surface area (Å²) in [4.78, 5) is 35.3. The second-order valence-electron chi connectivity index (χ2n) is 27.2. The zero-order chi connectivity index (χ0) is 64.7. The molecule has 0 N–H and O–H groups in total. The highest BCUT2D eigenvalue weighted by atomic mass is 32.2. The fourth-order valence-electron chi connectivity index (χ4n) is 5.71. The van der Waals surface area contributed by atoms with Gasteiger partial charge >= 0.3 is 32.6 Å². The van der Waals surface area contributed by atoms with Crippen molar-refractivity contribution in [3.05, 3.63) is 17.5 Å². The number of ether oxygens (including phenoxy) is 3. The van der Waals surface area contributed by atoms with Gasteiger partial charge in [-0.1, -0.05) is 145 Å². The summed E-state index contributed by atoms with van der Waals surface area (Å²) < 4.78 is 72.1. The first-order valence-corrected chi connectivity index (χ1v) is 29.6. The first-order valence-electron chi connectivity index (χ1n) is 26.3. The molecule has 0 aliphatic rings. The lowest BCUT2D eigenvalue weighted by molar-refractivity contribution is -0.143. The van der Waals surface area contributed by atoms with E-state index in [9.17, 15) is 27.4 Å². The van der Waals surface area contributed by atoms with Gasteiger partial charge in [0.15, 0.2) is 24.0 Å². The van der Waals surface area contributed by atoms with Gasteiger partial charge in [0, 0.05) is 47.7 Å². The van der Waals surface area contributed by atoms with E-state index >= 15 is 0 Å². The molecule has 474 valence electrons. The predicted molar refractivity (Wildman–Crippen MR) is 314 cm³/mol. The van der Waals surface area contributed by atoms with Crippen LogP contribution in [0.2, 0.25) is 6.32 Å². The molecular formula is C52H108BN12O14PS. The fraction of sp³-hybridized carbons (Fsp3) is 0.885. The van der Waals surface area contributed by atoms with Crippen LogP contribution in [0.1, 0.15) is 169 Å². The second-order valence-corrected chi connectivity index (χ2v) is 31.2. The Morgan fingerprint density at radius 1 is 0.519 bits per heavy atom. The van der Waals surface area contributed by atoms with Crippen LogP contribution in [-0.4, -0.2) is 163 Å². The van der Waals surface area contributed by atoms with Crippen LogP contribution in [0.5, 0.6) is 0 Å². The van der Waals surface area contributed by atoms with Crippen molar-refractivity contribution in [3.8, 4) is 0 Å². The summed E-state index contributed by atoms with van der Waals surface area (Å²) in [6.07, 6.45) is 4.20. The van der Waals surface area contributed by atoms with Gasteiger partial charge in [-0.3, -0.25) is 18.3 Å². The number of rotatable bonds is 16. The van der Waals surface area contributed by atoms with Gasteiger partial charge in [0.2, 0.25) is 0 Å². The lowest BCUT2D eigenvalue weighted by Crippen LogP contribution is -2.25. The Hall–Kier alpha value is -4.34. The molecule has 0 saturated heterocycles. The predicted octanol–water partition coefficient (Wildman–Crippen LogP) is 8.60. The van der Waals surface area contributed by atoms with E-state index in [-0.39, 0.29) is 81.8 Å². The normalized spacial score (nSPS) is 12.1. The number of carbonyl (C=O) groups is 3. The molecule has 0 spiro atoms. The Morgan fingerprint density at radius 3 is 1.23 bits per heavy atom. The topological polar surface area (TPSA) is 307 Å². The highest BCUT2D eigenvalue weighted by Gasteiger charge is 2.29. The van der Waals surface area contributed by atoms with Crippen LogP contribution in [0, 0.1) is 37.9 Å². The van der Waals surface area contributed by atoms with E-state index < -0.39 is 17.7 Å². The molecule has 3 aromatic heterocycles. The molecule has 0 saturated carbocycles. The molecule has 0 fully saturated rings. The van der Waals surface area contributed by atoms with Gasteiger partial charge in [-0.25, -0.2) is 9.48 Å². The molecule has 0 atom stereocenters. The molecule has 0 aromatic carbocycles. The van der Waals surface area contributed by atoms with Gasteiger partial charge in [-0.2, -0.15) is 18.0 Å². The Kier molecular flexibility index (Phi) is 38.8. The fourth-order valence-corrected chi connectivity index (χ4v) is 8.46. The molecule has 0 aliphatic carbocycles. The van der Waals surface area contributed by atoms with E-state index in [1.165, 1.54) is 56.9 Å². The van der Waals surface area contributed by atoms with Crippen LogP contribution >= 0.6 is 7.60 Å². The lowest BCUT2D eigenvalue weighted by atomic mass is 9.71. The summed E-state index contributed by atoms with van der Waals surface area (Å²) >= 11 is 0. The number of tetrazole rings is 3. The van der Waals surface area contributed by atoms with E-state index in [0.717, 1.165) is 31.4 Å². The van der Waals surface area contributed by atoms with Crippen molar-refractivity contribution in [2.75, 3.05) is 68.8 Å². The molecule has 3 rings (SSSR count). The number of methoxy groups -OCH3 is 3. The quantitative estimate of drug-likeness (QED) is 0.0426. The molecule has 0 radical (unpaired) electrons. The van der Waals surface area contributed by atoms with Gasteiger partial charge in [-0.15, -0.1) is 25.5 Å².